The number of nitrogens with one attached hydrogen (secondary N) is 2. The zero-order valence-electron chi connectivity index (χ0n) is 15.5. The number of ketones is 1. The number of aryl methyl sites for hydroxylation is 1. The van der Waals surface area contributed by atoms with Crippen LogP contribution in [-0.4, -0.2) is 42.2 Å². The molecule has 1 aromatic carbocycles. The number of hydrogen-bond donors (Lipinski definition) is 2. The second-order valence-corrected chi connectivity index (χ2v) is 6.91. The molecule has 0 spiro atoms. The molecule has 0 bridgehead atoms. The van der Waals surface area contributed by atoms with Crippen molar-refractivity contribution in [1.82, 2.24) is 15.2 Å². The summed E-state index contributed by atoms with van der Waals surface area (Å²) in [5.74, 6) is -0.867. The van der Waals surface area contributed by atoms with Gasteiger partial charge in [0.2, 0.25) is 0 Å². The summed E-state index contributed by atoms with van der Waals surface area (Å²) in [5.41, 5.74) is 2.46. The topological polar surface area (TPSA) is 65.2 Å². The molecule has 0 fully saturated rings. The molecule has 0 saturated heterocycles. The molecule has 2 rings (SSSR count). The first kappa shape index (κ1) is 20.1. The van der Waals surface area contributed by atoms with E-state index in [1.54, 1.807) is 45.0 Å². The number of Topliss-reactive ketones (excluding diaryl/α,β-unsaturated/α-hetero) is 1. The summed E-state index contributed by atoms with van der Waals surface area (Å²) in [6.45, 7) is 5.11. The Labute approximate surface area is 157 Å². The van der Waals surface area contributed by atoms with Crippen LogP contribution in [0.2, 0.25) is 5.02 Å². The van der Waals surface area contributed by atoms with Crippen molar-refractivity contribution in [2.75, 3.05) is 20.6 Å². The van der Waals surface area contributed by atoms with E-state index in [4.69, 9.17) is 11.6 Å². The molecule has 5 nitrogen and oxygen atoms in total. The maximum atomic E-state index is 14.3. The van der Waals surface area contributed by atoms with E-state index in [1.807, 2.05) is 0 Å². The van der Waals surface area contributed by atoms with Crippen LogP contribution >= 0.6 is 11.6 Å². The van der Waals surface area contributed by atoms with E-state index in [2.05, 4.69) is 10.3 Å². The third-order valence-corrected chi connectivity index (χ3v) is 4.76. The molecule has 1 atom stereocenters. The Morgan fingerprint density at radius 1 is 1.31 bits per heavy atom. The van der Waals surface area contributed by atoms with Crippen LogP contribution in [0.3, 0.4) is 0 Å². The molecule has 0 radical (unpaired) electrons. The van der Waals surface area contributed by atoms with Gasteiger partial charge in [0.1, 0.15) is 11.5 Å². The number of likely N-dealkylation sites (N-methyl/N-ethyl adjacent to an activating group) is 1. The molecule has 1 aromatic heterocycles. The second kappa shape index (κ2) is 8.01. The van der Waals surface area contributed by atoms with Crippen molar-refractivity contribution in [3.8, 4) is 0 Å². The van der Waals surface area contributed by atoms with Crippen molar-refractivity contribution in [2.45, 2.75) is 26.8 Å². The first-order valence-electron chi connectivity index (χ1n) is 8.23. The SMILES string of the molecule is CC(=O)c1c(C)[nH]c(C(=O)NC[C@@H](c2c(F)cccc2Cl)N(C)C)c1C. The van der Waals surface area contributed by atoms with Crippen molar-refractivity contribution in [1.29, 1.82) is 0 Å². The maximum Gasteiger partial charge on any atom is 0.268 e. The highest BCUT2D eigenvalue weighted by Crippen LogP contribution is 2.28. The Balaban J connectivity index is 2.24. The molecule has 0 aliphatic heterocycles. The van der Waals surface area contributed by atoms with Gasteiger partial charge in [-0.25, -0.2) is 4.39 Å². The minimum absolute atomic E-state index is 0.0976. The molecular formula is C19H23ClFN3O2. The largest absolute Gasteiger partial charge is 0.354 e. The van der Waals surface area contributed by atoms with Crippen LogP contribution in [0.4, 0.5) is 4.39 Å². The van der Waals surface area contributed by atoms with Crippen molar-refractivity contribution < 1.29 is 14.0 Å². The Morgan fingerprint density at radius 2 is 1.96 bits per heavy atom. The molecule has 2 aromatic rings. The van der Waals surface area contributed by atoms with Gasteiger partial charge in [0.05, 0.1) is 6.04 Å². The summed E-state index contributed by atoms with van der Waals surface area (Å²) >= 11 is 6.16. The van der Waals surface area contributed by atoms with Gasteiger partial charge < -0.3 is 15.2 Å². The number of carbonyl (C=O) groups excluding carboxylic acids is 2. The lowest BCUT2D eigenvalue weighted by molar-refractivity contribution is 0.0936. The van der Waals surface area contributed by atoms with Crippen LogP contribution in [0.25, 0.3) is 0 Å². The number of benzene rings is 1. The van der Waals surface area contributed by atoms with Crippen LogP contribution in [0.5, 0.6) is 0 Å². The second-order valence-electron chi connectivity index (χ2n) is 6.51. The lowest BCUT2D eigenvalue weighted by Crippen LogP contribution is -2.35. The highest BCUT2D eigenvalue weighted by Gasteiger charge is 2.24. The van der Waals surface area contributed by atoms with E-state index in [0.29, 0.717) is 33.1 Å². The van der Waals surface area contributed by atoms with Gasteiger partial charge in [-0.2, -0.15) is 0 Å². The van der Waals surface area contributed by atoms with Gasteiger partial charge >= 0.3 is 0 Å². The number of aromatic amines is 1. The van der Waals surface area contributed by atoms with Gasteiger partial charge in [0.15, 0.2) is 5.78 Å². The summed E-state index contributed by atoms with van der Waals surface area (Å²) in [6.07, 6.45) is 0. The lowest BCUT2D eigenvalue weighted by Gasteiger charge is -2.26. The van der Waals surface area contributed by atoms with Crippen molar-refractivity contribution in [3.05, 3.63) is 57.1 Å². The third-order valence-electron chi connectivity index (χ3n) is 4.43. The van der Waals surface area contributed by atoms with Gasteiger partial charge in [-0.05, 0) is 52.6 Å². The number of nitrogens with zero attached hydrogens (tertiary/aromatic N) is 1. The fourth-order valence-corrected chi connectivity index (χ4v) is 3.44. The number of rotatable bonds is 6. The van der Waals surface area contributed by atoms with Gasteiger partial charge in [-0.15, -0.1) is 0 Å². The van der Waals surface area contributed by atoms with E-state index in [-0.39, 0.29) is 18.2 Å². The number of amides is 1. The van der Waals surface area contributed by atoms with E-state index < -0.39 is 11.9 Å². The monoisotopic (exact) mass is 379 g/mol. The summed E-state index contributed by atoms with van der Waals surface area (Å²) in [6, 6.07) is 4.07. The summed E-state index contributed by atoms with van der Waals surface area (Å²) in [4.78, 5) is 29.1. The van der Waals surface area contributed by atoms with Crippen molar-refractivity contribution >= 4 is 23.3 Å². The molecule has 2 N–H and O–H groups in total. The predicted molar refractivity (Wildman–Crippen MR) is 100 cm³/mol. The van der Waals surface area contributed by atoms with Crippen LogP contribution in [-0.2, 0) is 0 Å². The first-order valence-corrected chi connectivity index (χ1v) is 8.61. The minimum atomic E-state index is -0.434. The number of carbonyl (C=O) groups is 2. The minimum Gasteiger partial charge on any atom is -0.354 e. The quantitative estimate of drug-likeness (QED) is 0.753. The average Bonchev–Trinajstić information content (AvgIpc) is 2.84. The van der Waals surface area contributed by atoms with Gasteiger partial charge in [-0.1, -0.05) is 17.7 Å². The lowest BCUT2D eigenvalue weighted by atomic mass is 10.0. The predicted octanol–water partition coefficient (Wildman–Crippen LogP) is 3.66. The zero-order chi connectivity index (χ0) is 19.6. The Hall–Kier alpha value is -2.18. The fourth-order valence-electron chi connectivity index (χ4n) is 3.15. The van der Waals surface area contributed by atoms with Crippen LogP contribution in [0.1, 0.15) is 50.6 Å². The first-order chi connectivity index (χ1) is 12.1. The van der Waals surface area contributed by atoms with E-state index in [9.17, 15) is 14.0 Å². The molecule has 0 saturated carbocycles. The maximum absolute atomic E-state index is 14.3. The van der Waals surface area contributed by atoms with E-state index in [0.717, 1.165) is 0 Å². The molecule has 26 heavy (non-hydrogen) atoms. The molecule has 140 valence electrons. The molecule has 0 aliphatic rings. The summed E-state index contributed by atoms with van der Waals surface area (Å²) < 4.78 is 14.3. The molecule has 1 heterocycles. The third kappa shape index (κ3) is 3.97. The smallest absolute Gasteiger partial charge is 0.268 e. The van der Waals surface area contributed by atoms with Gasteiger partial charge in [0, 0.05) is 28.4 Å². The average molecular weight is 380 g/mol. The van der Waals surface area contributed by atoms with Crippen molar-refractivity contribution in [2.24, 2.45) is 0 Å². The standard InChI is InChI=1S/C19H23ClFN3O2/c1-10-16(12(3)25)11(2)23-18(10)19(26)22-9-15(24(4)5)17-13(20)7-6-8-14(17)21/h6-8,15,23H,9H2,1-5H3,(H,22,26)/t15-/m0/s1. The summed E-state index contributed by atoms with van der Waals surface area (Å²) in [5, 5.41) is 3.11. The fraction of sp³-hybridized carbons (Fsp3) is 0.368. The summed E-state index contributed by atoms with van der Waals surface area (Å²) in [7, 11) is 3.58. The van der Waals surface area contributed by atoms with E-state index in [1.165, 1.54) is 13.0 Å². The number of halogens is 2. The molecule has 0 unspecified atom stereocenters. The highest BCUT2D eigenvalue weighted by atomic mass is 35.5. The number of hydrogen-bond acceptors (Lipinski definition) is 3. The molecular weight excluding hydrogens is 357 g/mol. The van der Waals surface area contributed by atoms with E-state index >= 15 is 0 Å². The Kier molecular flexibility index (Phi) is 6.21. The molecule has 1 amide bonds. The van der Waals surface area contributed by atoms with Crippen LogP contribution in [0, 0.1) is 19.7 Å². The van der Waals surface area contributed by atoms with Crippen LogP contribution in [0.15, 0.2) is 18.2 Å². The molecule has 0 aliphatic carbocycles. The van der Waals surface area contributed by atoms with Gasteiger partial charge in [0.25, 0.3) is 5.91 Å². The molecule has 7 heteroatoms. The van der Waals surface area contributed by atoms with Crippen LogP contribution < -0.4 is 5.32 Å². The number of aromatic nitrogens is 1. The normalized spacial score (nSPS) is 12.3. The highest BCUT2D eigenvalue weighted by molar-refractivity contribution is 6.31. The Morgan fingerprint density at radius 3 is 2.46 bits per heavy atom. The Bertz CT molecular complexity index is 825. The van der Waals surface area contributed by atoms with Gasteiger partial charge in [-0.3, -0.25) is 9.59 Å². The van der Waals surface area contributed by atoms with Crippen molar-refractivity contribution in [3.63, 3.8) is 0 Å². The zero-order valence-corrected chi connectivity index (χ0v) is 16.3. The number of H-pyrrole nitrogens is 1.